The number of rotatable bonds is 4. The van der Waals surface area contributed by atoms with Crippen LogP contribution in [0.25, 0.3) is 0 Å². The van der Waals surface area contributed by atoms with E-state index in [1.54, 1.807) is 0 Å². The molecule has 1 saturated carbocycles. The van der Waals surface area contributed by atoms with Gasteiger partial charge < -0.3 is 14.8 Å². The van der Waals surface area contributed by atoms with E-state index in [0.717, 1.165) is 42.7 Å². The van der Waals surface area contributed by atoms with Gasteiger partial charge in [-0.3, -0.25) is 4.79 Å². The number of ether oxygens (including phenoxy) is 2. The van der Waals surface area contributed by atoms with Crippen molar-refractivity contribution in [2.24, 2.45) is 0 Å². The quantitative estimate of drug-likeness (QED) is 0.910. The lowest BCUT2D eigenvalue weighted by atomic mass is 9.78. The van der Waals surface area contributed by atoms with Gasteiger partial charge in [0, 0.05) is 0 Å². The van der Waals surface area contributed by atoms with Crippen molar-refractivity contribution in [2.75, 3.05) is 6.61 Å². The summed E-state index contributed by atoms with van der Waals surface area (Å²) in [5.74, 6) is 1.61. The van der Waals surface area contributed by atoms with Gasteiger partial charge in [-0.15, -0.1) is 0 Å². The highest BCUT2D eigenvalue weighted by Gasteiger charge is 2.43. The lowest BCUT2D eigenvalue weighted by Crippen LogP contribution is -2.53. The van der Waals surface area contributed by atoms with E-state index in [0.29, 0.717) is 6.61 Å². The summed E-state index contributed by atoms with van der Waals surface area (Å²) in [6.07, 6.45) is 3.80. The molecule has 1 amide bonds. The molecule has 1 heterocycles. The molecule has 1 aliphatic carbocycles. The molecule has 4 heteroatoms. The summed E-state index contributed by atoms with van der Waals surface area (Å²) in [6.45, 7) is 2.43. The van der Waals surface area contributed by atoms with Gasteiger partial charge in [0.15, 0.2) is 17.6 Å². The van der Waals surface area contributed by atoms with Crippen LogP contribution in [0.2, 0.25) is 0 Å². The first kappa shape index (κ1) is 17.0. The van der Waals surface area contributed by atoms with Crippen LogP contribution in [0.15, 0.2) is 54.6 Å². The first-order chi connectivity index (χ1) is 12.7. The molecule has 0 bridgehead atoms. The Morgan fingerprint density at radius 2 is 1.69 bits per heavy atom. The maximum atomic E-state index is 13.3. The van der Waals surface area contributed by atoms with E-state index in [1.807, 2.05) is 49.4 Å². The van der Waals surface area contributed by atoms with Crippen molar-refractivity contribution in [2.45, 2.75) is 50.2 Å². The predicted molar refractivity (Wildman–Crippen MR) is 101 cm³/mol. The average molecular weight is 351 g/mol. The summed E-state index contributed by atoms with van der Waals surface area (Å²) >= 11 is 0. The maximum Gasteiger partial charge on any atom is 0.230 e. The summed E-state index contributed by atoms with van der Waals surface area (Å²) in [5.41, 5.74) is 0.705. The zero-order valence-corrected chi connectivity index (χ0v) is 15.1. The molecule has 1 aliphatic heterocycles. The molecule has 4 nitrogen and oxygen atoms in total. The number of nitrogens with one attached hydrogen (secondary N) is 1. The van der Waals surface area contributed by atoms with Crippen LogP contribution >= 0.6 is 0 Å². The molecule has 0 aromatic heterocycles. The molecule has 0 radical (unpaired) electrons. The summed E-state index contributed by atoms with van der Waals surface area (Å²) in [4.78, 5) is 13.3. The Labute approximate surface area is 154 Å². The molecule has 2 atom stereocenters. The van der Waals surface area contributed by atoms with Gasteiger partial charge in [-0.05, 0) is 37.5 Å². The molecular formula is C22H25NO3. The first-order valence-corrected chi connectivity index (χ1v) is 9.44. The number of benzene rings is 2. The van der Waals surface area contributed by atoms with E-state index in [1.165, 1.54) is 0 Å². The van der Waals surface area contributed by atoms with E-state index in [9.17, 15) is 4.79 Å². The minimum absolute atomic E-state index is 0.108. The molecule has 0 saturated heterocycles. The number of hydrogen-bond donors (Lipinski definition) is 1. The van der Waals surface area contributed by atoms with Crippen LogP contribution in [0.1, 0.15) is 38.2 Å². The molecule has 2 aromatic carbocycles. The highest BCUT2D eigenvalue weighted by atomic mass is 16.6. The molecule has 2 aliphatic rings. The second kappa shape index (κ2) is 7.02. The van der Waals surface area contributed by atoms with Gasteiger partial charge in [-0.25, -0.2) is 0 Å². The Balaban J connectivity index is 1.49. The van der Waals surface area contributed by atoms with Crippen LogP contribution in [-0.4, -0.2) is 24.7 Å². The first-order valence-electron chi connectivity index (χ1n) is 9.44. The molecule has 1 N–H and O–H groups in total. The van der Waals surface area contributed by atoms with Gasteiger partial charge in [-0.1, -0.05) is 55.3 Å². The summed E-state index contributed by atoms with van der Waals surface area (Å²) in [7, 11) is 0. The fraction of sp³-hybridized carbons (Fsp3) is 0.409. The van der Waals surface area contributed by atoms with Gasteiger partial charge in [0.1, 0.15) is 6.61 Å². The molecule has 26 heavy (non-hydrogen) atoms. The van der Waals surface area contributed by atoms with Crippen LogP contribution in [0.4, 0.5) is 0 Å². The van der Waals surface area contributed by atoms with Gasteiger partial charge in [0.2, 0.25) is 5.91 Å². The van der Waals surface area contributed by atoms with Crippen molar-refractivity contribution in [3.05, 3.63) is 60.2 Å². The average Bonchev–Trinajstić information content (AvgIpc) is 3.19. The van der Waals surface area contributed by atoms with E-state index in [2.05, 4.69) is 17.4 Å². The number of amides is 1. The number of carbonyl (C=O) groups excluding carboxylic acids is 1. The lowest BCUT2D eigenvalue weighted by molar-refractivity contribution is -0.128. The van der Waals surface area contributed by atoms with Gasteiger partial charge >= 0.3 is 0 Å². The molecule has 2 aromatic rings. The fourth-order valence-corrected chi connectivity index (χ4v) is 4.10. The van der Waals surface area contributed by atoms with E-state index >= 15 is 0 Å². The molecule has 136 valence electrons. The van der Waals surface area contributed by atoms with Crippen LogP contribution in [0, 0.1) is 0 Å². The topological polar surface area (TPSA) is 47.6 Å². The van der Waals surface area contributed by atoms with Crippen molar-refractivity contribution < 1.29 is 14.3 Å². The fourth-order valence-electron chi connectivity index (χ4n) is 4.10. The monoisotopic (exact) mass is 351 g/mol. The smallest absolute Gasteiger partial charge is 0.230 e. The molecule has 0 unspecified atom stereocenters. The van der Waals surface area contributed by atoms with Gasteiger partial charge in [0.05, 0.1) is 11.5 Å². The molecule has 1 fully saturated rings. The van der Waals surface area contributed by atoms with Crippen LogP contribution in [0.5, 0.6) is 11.5 Å². The van der Waals surface area contributed by atoms with Crippen molar-refractivity contribution in [1.29, 1.82) is 0 Å². The lowest BCUT2D eigenvalue weighted by Gasteiger charge is -2.34. The Kier molecular flexibility index (Phi) is 4.58. The normalized spacial score (nSPS) is 21.8. The van der Waals surface area contributed by atoms with Crippen molar-refractivity contribution in [3.8, 4) is 11.5 Å². The minimum Gasteiger partial charge on any atom is -0.486 e. The Hall–Kier alpha value is -2.49. The Bertz CT molecular complexity index is 768. The third-order valence-corrected chi connectivity index (χ3v) is 5.67. The zero-order chi connectivity index (χ0) is 18.0. The second-order valence-corrected chi connectivity index (χ2v) is 7.33. The summed E-state index contributed by atoms with van der Waals surface area (Å²) in [6, 6.07) is 17.7. The number of para-hydroxylation sites is 2. The highest BCUT2D eigenvalue weighted by molar-refractivity contribution is 5.88. The van der Waals surface area contributed by atoms with Crippen LogP contribution in [-0.2, 0) is 10.2 Å². The summed E-state index contributed by atoms with van der Waals surface area (Å²) in [5, 5.41) is 3.22. The van der Waals surface area contributed by atoms with Crippen LogP contribution in [0.3, 0.4) is 0 Å². The Morgan fingerprint density at radius 1 is 1.04 bits per heavy atom. The molecule has 4 rings (SSSR count). The molecular weight excluding hydrogens is 326 g/mol. The van der Waals surface area contributed by atoms with E-state index in [4.69, 9.17) is 9.47 Å². The molecule has 0 spiro atoms. The Morgan fingerprint density at radius 3 is 2.42 bits per heavy atom. The van der Waals surface area contributed by atoms with E-state index < -0.39 is 5.41 Å². The number of hydrogen-bond acceptors (Lipinski definition) is 3. The van der Waals surface area contributed by atoms with Crippen molar-refractivity contribution in [3.63, 3.8) is 0 Å². The minimum atomic E-state index is -0.414. The third-order valence-electron chi connectivity index (χ3n) is 5.67. The van der Waals surface area contributed by atoms with Crippen LogP contribution < -0.4 is 14.8 Å². The standard InChI is InChI=1S/C22H25NO3/c1-16(20-15-25-18-11-5-6-12-19(18)26-20)23-21(24)22(13-7-8-14-22)17-9-3-2-4-10-17/h2-6,9-12,16,20H,7-8,13-15H2,1H3,(H,23,24)/t16-,20-/m1/s1. The number of carbonyl (C=O) groups is 1. The predicted octanol–water partition coefficient (Wildman–Crippen LogP) is 3.84. The van der Waals surface area contributed by atoms with Gasteiger partial charge in [0.25, 0.3) is 0 Å². The van der Waals surface area contributed by atoms with Crippen molar-refractivity contribution in [1.82, 2.24) is 5.32 Å². The summed E-state index contributed by atoms with van der Waals surface area (Å²) < 4.78 is 11.9. The third kappa shape index (κ3) is 3.05. The number of fused-ring (bicyclic) bond motifs is 1. The van der Waals surface area contributed by atoms with E-state index in [-0.39, 0.29) is 18.1 Å². The zero-order valence-electron chi connectivity index (χ0n) is 15.1. The SMILES string of the molecule is C[C@@H](NC(=O)C1(c2ccccc2)CCCC1)[C@H]1COc2ccccc2O1. The largest absolute Gasteiger partial charge is 0.486 e. The highest BCUT2D eigenvalue weighted by Crippen LogP contribution is 2.41. The van der Waals surface area contributed by atoms with Gasteiger partial charge in [-0.2, -0.15) is 0 Å². The second-order valence-electron chi connectivity index (χ2n) is 7.33. The van der Waals surface area contributed by atoms with Crippen molar-refractivity contribution >= 4 is 5.91 Å². The maximum absolute atomic E-state index is 13.3.